The Bertz CT molecular complexity index is 1530. The monoisotopic (exact) mass is 387 g/mol. The number of hydrogen-bond donors (Lipinski definition) is 3. The maximum absolute atomic E-state index is 12.6. The molecule has 0 spiro atoms. The third-order valence-corrected chi connectivity index (χ3v) is 5.21. The lowest BCUT2D eigenvalue weighted by molar-refractivity contribution is 0.477. The molecular formula is C21H17N5O3. The molecule has 0 saturated carbocycles. The molecule has 0 aliphatic heterocycles. The van der Waals surface area contributed by atoms with Crippen molar-refractivity contribution in [2.45, 2.75) is 6.92 Å². The molecule has 0 saturated heterocycles. The maximum Gasteiger partial charge on any atom is 0.348 e. The highest BCUT2D eigenvalue weighted by atomic mass is 16.3. The number of pyridine rings is 1. The molecule has 0 atom stereocenters. The summed E-state index contributed by atoms with van der Waals surface area (Å²) in [5, 5.41) is 19.0. The fourth-order valence-electron chi connectivity index (χ4n) is 3.77. The molecule has 2 aromatic carbocycles. The number of nitrogens with zero attached hydrogens (tertiary/aromatic N) is 3. The van der Waals surface area contributed by atoms with Gasteiger partial charge in [-0.1, -0.05) is 0 Å². The van der Waals surface area contributed by atoms with Gasteiger partial charge in [0.15, 0.2) is 5.82 Å². The second-order valence-corrected chi connectivity index (χ2v) is 7.09. The Hall–Kier alpha value is -4.07. The van der Waals surface area contributed by atoms with Gasteiger partial charge in [-0.05, 0) is 42.8 Å². The van der Waals surface area contributed by atoms with Crippen molar-refractivity contribution >= 4 is 21.8 Å². The summed E-state index contributed by atoms with van der Waals surface area (Å²) in [6.45, 7) is 1.82. The van der Waals surface area contributed by atoms with Crippen LogP contribution in [0.15, 0.2) is 58.3 Å². The van der Waals surface area contributed by atoms with E-state index in [0.717, 1.165) is 21.9 Å². The number of H-pyrrole nitrogens is 2. The topological polar surface area (TPSA) is 109 Å². The Morgan fingerprint density at radius 3 is 2.72 bits per heavy atom. The molecule has 5 aromatic rings. The van der Waals surface area contributed by atoms with E-state index in [-0.39, 0.29) is 17.1 Å². The van der Waals surface area contributed by atoms with Gasteiger partial charge in [0, 0.05) is 41.7 Å². The molecule has 3 aromatic heterocycles. The average molecular weight is 387 g/mol. The number of phenols is 1. The minimum absolute atomic E-state index is 0.0835. The van der Waals surface area contributed by atoms with Crippen molar-refractivity contribution in [3.63, 3.8) is 0 Å². The Balaban J connectivity index is 1.77. The Morgan fingerprint density at radius 2 is 1.90 bits per heavy atom. The zero-order chi connectivity index (χ0) is 20.3. The first-order chi connectivity index (χ1) is 13.9. The van der Waals surface area contributed by atoms with Crippen LogP contribution < -0.4 is 11.2 Å². The first-order valence-corrected chi connectivity index (χ1v) is 9.02. The van der Waals surface area contributed by atoms with E-state index in [4.69, 9.17) is 0 Å². The van der Waals surface area contributed by atoms with Gasteiger partial charge in [-0.2, -0.15) is 5.10 Å². The molecule has 0 aliphatic carbocycles. The molecule has 0 fully saturated rings. The van der Waals surface area contributed by atoms with Gasteiger partial charge in [-0.15, -0.1) is 0 Å². The SMILES string of the molecule is Cc1cc(=O)[nH]c2cc(O)c(-c3n[nH]c(=O)n3-c3ccc4c(ccn4C)c3)cc12. The van der Waals surface area contributed by atoms with Crippen LogP contribution >= 0.6 is 0 Å². The fourth-order valence-corrected chi connectivity index (χ4v) is 3.77. The summed E-state index contributed by atoms with van der Waals surface area (Å²) in [6, 6.07) is 12.3. The third kappa shape index (κ3) is 2.57. The van der Waals surface area contributed by atoms with Crippen molar-refractivity contribution in [2.75, 3.05) is 0 Å². The summed E-state index contributed by atoms with van der Waals surface area (Å²) in [6.07, 6.45) is 1.95. The maximum atomic E-state index is 12.6. The molecule has 0 radical (unpaired) electrons. The smallest absolute Gasteiger partial charge is 0.348 e. The minimum atomic E-state index is -0.409. The molecule has 3 N–H and O–H groups in total. The summed E-state index contributed by atoms with van der Waals surface area (Å²) in [5.41, 5.74) is 2.70. The van der Waals surface area contributed by atoms with E-state index < -0.39 is 5.69 Å². The van der Waals surface area contributed by atoms with Gasteiger partial charge in [0.1, 0.15) is 5.75 Å². The lowest BCUT2D eigenvalue weighted by Gasteiger charge is -2.10. The predicted octanol–water partition coefficient (Wildman–Crippen LogP) is 2.57. The summed E-state index contributed by atoms with van der Waals surface area (Å²) < 4.78 is 3.42. The van der Waals surface area contributed by atoms with Crippen LogP contribution in [0.5, 0.6) is 5.75 Å². The molecule has 0 bridgehead atoms. The van der Waals surface area contributed by atoms with Crippen LogP contribution in [0.3, 0.4) is 0 Å². The minimum Gasteiger partial charge on any atom is -0.507 e. The lowest BCUT2D eigenvalue weighted by Crippen LogP contribution is -2.15. The second-order valence-electron chi connectivity index (χ2n) is 7.09. The van der Waals surface area contributed by atoms with Crippen molar-refractivity contribution in [2.24, 2.45) is 7.05 Å². The largest absolute Gasteiger partial charge is 0.507 e. The zero-order valence-electron chi connectivity index (χ0n) is 15.7. The molecule has 0 unspecified atom stereocenters. The van der Waals surface area contributed by atoms with Gasteiger partial charge < -0.3 is 14.7 Å². The molecule has 0 aliphatic rings. The summed E-state index contributed by atoms with van der Waals surface area (Å²) in [4.78, 5) is 27.0. The summed E-state index contributed by atoms with van der Waals surface area (Å²) in [7, 11) is 1.96. The van der Waals surface area contributed by atoms with E-state index in [2.05, 4.69) is 15.2 Å². The first kappa shape index (κ1) is 17.1. The quantitative estimate of drug-likeness (QED) is 0.432. The van der Waals surface area contributed by atoms with Crippen LogP contribution in [0.1, 0.15) is 5.56 Å². The van der Waals surface area contributed by atoms with E-state index in [9.17, 15) is 14.7 Å². The average Bonchev–Trinajstić information content (AvgIpc) is 3.23. The third-order valence-electron chi connectivity index (χ3n) is 5.21. The number of aryl methyl sites for hydroxylation is 2. The highest BCUT2D eigenvalue weighted by Gasteiger charge is 2.18. The Morgan fingerprint density at radius 1 is 1.07 bits per heavy atom. The van der Waals surface area contributed by atoms with Crippen LogP contribution in [-0.2, 0) is 7.05 Å². The van der Waals surface area contributed by atoms with Gasteiger partial charge in [-0.3, -0.25) is 4.79 Å². The zero-order valence-corrected chi connectivity index (χ0v) is 15.7. The number of fused-ring (bicyclic) bond motifs is 2. The van der Waals surface area contributed by atoms with Gasteiger partial charge in [0.05, 0.1) is 16.8 Å². The number of phenolic OH excluding ortho intramolecular Hbond substituents is 1. The van der Waals surface area contributed by atoms with Crippen LogP contribution in [0, 0.1) is 6.92 Å². The molecule has 144 valence electrons. The van der Waals surface area contributed by atoms with Gasteiger partial charge in [-0.25, -0.2) is 14.5 Å². The van der Waals surface area contributed by atoms with Gasteiger partial charge in [0.25, 0.3) is 0 Å². The number of aromatic nitrogens is 5. The van der Waals surface area contributed by atoms with Crippen molar-refractivity contribution < 1.29 is 5.11 Å². The number of benzene rings is 2. The van der Waals surface area contributed by atoms with E-state index in [1.165, 1.54) is 16.7 Å². The number of hydrogen-bond acceptors (Lipinski definition) is 4. The van der Waals surface area contributed by atoms with Crippen molar-refractivity contribution in [3.8, 4) is 22.8 Å². The molecule has 29 heavy (non-hydrogen) atoms. The van der Waals surface area contributed by atoms with Crippen molar-refractivity contribution in [3.05, 3.63) is 75.1 Å². The first-order valence-electron chi connectivity index (χ1n) is 9.02. The number of rotatable bonds is 2. The molecule has 5 rings (SSSR count). The standard InChI is InChI=1S/C21H17N5O3/c1-11-7-19(28)22-16-10-18(27)15(9-14(11)16)20-23-24-21(29)26(20)13-3-4-17-12(8-13)5-6-25(17)2/h3-10,27H,1-2H3,(H,22,28)(H,24,29). The van der Waals surface area contributed by atoms with E-state index in [1.54, 1.807) is 6.07 Å². The highest BCUT2D eigenvalue weighted by Crippen LogP contribution is 2.33. The number of aromatic amines is 2. The molecule has 0 amide bonds. The van der Waals surface area contributed by atoms with Crippen LogP contribution in [0.25, 0.3) is 38.9 Å². The van der Waals surface area contributed by atoms with E-state index in [0.29, 0.717) is 16.8 Å². The Labute approximate surface area is 163 Å². The van der Waals surface area contributed by atoms with Gasteiger partial charge in [0.2, 0.25) is 5.56 Å². The van der Waals surface area contributed by atoms with Gasteiger partial charge >= 0.3 is 5.69 Å². The second kappa shape index (κ2) is 5.96. The number of aromatic hydroxyl groups is 1. The number of nitrogens with one attached hydrogen (secondary N) is 2. The Kier molecular flexibility index (Phi) is 3.51. The van der Waals surface area contributed by atoms with E-state index in [1.807, 2.05) is 49.0 Å². The normalized spacial score (nSPS) is 11.5. The fraction of sp³-hybridized carbons (Fsp3) is 0.0952. The summed E-state index contributed by atoms with van der Waals surface area (Å²) in [5.74, 6) is 0.204. The van der Waals surface area contributed by atoms with Crippen LogP contribution in [0.2, 0.25) is 0 Å². The van der Waals surface area contributed by atoms with Crippen LogP contribution in [-0.4, -0.2) is 29.4 Å². The molecular weight excluding hydrogens is 370 g/mol. The van der Waals surface area contributed by atoms with Crippen LogP contribution in [0.4, 0.5) is 0 Å². The lowest BCUT2D eigenvalue weighted by atomic mass is 10.1. The molecule has 8 heteroatoms. The molecule has 3 heterocycles. The van der Waals surface area contributed by atoms with E-state index >= 15 is 0 Å². The molecule has 8 nitrogen and oxygen atoms in total. The van der Waals surface area contributed by atoms with Crippen molar-refractivity contribution in [1.82, 2.24) is 24.3 Å². The highest BCUT2D eigenvalue weighted by molar-refractivity contribution is 5.89. The summed E-state index contributed by atoms with van der Waals surface area (Å²) >= 11 is 0. The van der Waals surface area contributed by atoms with Crippen molar-refractivity contribution in [1.29, 1.82) is 0 Å². The predicted molar refractivity (Wildman–Crippen MR) is 111 cm³/mol.